The largest absolute Gasteiger partial charge is 0.479 e. The van der Waals surface area contributed by atoms with Gasteiger partial charge in [-0.25, -0.2) is 0 Å². The van der Waals surface area contributed by atoms with Crippen molar-refractivity contribution in [3.05, 3.63) is 53.8 Å². The van der Waals surface area contributed by atoms with Crippen molar-refractivity contribution in [2.75, 3.05) is 39.8 Å². The third-order valence-electron chi connectivity index (χ3n) is 4.04. The maximum Gasteiger partial charge on any atom is 0.292 e. The third-order valence-corrected chi connectivity index (χ3v) is 4.04. The Morgan fingerprint density at radius 3 is 2.67 bits per heavy atom. The first kappa shape index (κ1) is 16.3. The highest BCUT2D eigenvalue weighted by atomic mass is 16.5. The minimum Gasteiger partial charge on any atom is -0.479 e. The molecule has 0 N–H and O–H groups in total. The lowest BCUT2D eigenvalue weighted by molar-refractivity contribution is 0.0609. The van der Waals surface area contributed by atoms with Gasteiger partial charge in [0.1, 0.15) is 0 Å². The molecule has 0 unspecified atom stereocenters. The van der Waals surface area contributed by atoms with Crippen LogP contribution in [0.25, 0.3) is 6.08 Å². The van der Waals surface area contributed by atoms with E-state index in [1.807, 2.05) is 18.2 Å². The number of nitrogens with zero attached hydrogens (tertiary/aromatic N) is 3. The average molecular weight is 327 g/mol. The van der Waals surface area contributed by atoms with Gasteiger partial charge in [-0.15, -0.1) is 0 Å². The van der Waals surface area contributed by atoms with E-state index < -0.39 is 0 Å². The summed E-state index contributed by atoms with van der Waals surface area (Å²) in [5.41, 5.74) is 1.20. The van der Waals surface area contributed by atoms with Crippen molar-refractivity contribution in [1.29, 1.82) is 0 Å². The molecule has 1 aromatic heterocycles. The van der Waals surface area contributed by atoms with E-state index in [2.05, 4.69) is 34.3 Å². The van der Waals surface area contributed by atoms with Crippen molar-refractivity contribution in [3.63, 3.8) is 0 Å². The molecule has 1 aliphatic heterocycles. The predicted molar refractivity (Wildman–Crippen MR) is 90.9 cm³/mol. The number of ether oxygens (including phenoxy) is 1. The monoisotopic (exact) mass is 327 g/mol. The normalized spacial score (nSPS) is 15.8. The number of hydrogen-bond acceptors (Lipinski definition) is 5. The zero-order valence-electron chi connectivity index (χ0n) is 13.7. The smallest absolute Gasteiger partial charge is 0.292 e. The second-order valence-electron chi connectivity index (χ2n) is 5.64. The van der Waals surface area contributed by atoms with Gasteiger partial charge in [-0.1, -0.05) is 42.5 Å². The first-order chi connectivity index (χ1) is 11.8. The Balaban J connectivity index is 1.47. The highest BCUT2D eigenvalue weighted by molar-refractivity contribution is 5.91. The molecule has 126 valence electrons. The number of aromatic nitrogens is 1. The van der Waals surface area contributed by atoms with E-state index in [0.29, 0.717) is 19.0 Å². The third kappa shape index (κ3) is 4.02. The van der Waals surface area contributed by atoms with E-state index in [-0.39, 0.29) is 11.7 Å². The molecule has 24 heavy (non-hydrogen) atoms. The summed E-state index contributed by atoms with van der Waals surface area (Å²) in [5.74, 6) is 0.414. The van der Waals surface area contributed by atoms with Crippen LogP contribution in [0.5, 0.6) is 5.88 Å². The Kier molecular flexibility index (Phi) is 5.28. The van der Waals surface area contributed by atoms with Crippen LogP contribution in [0.15, 0.2) is 47.0 Å². The number of amides is 1. The number of carbonyl (C=O) groups is 1. The van der Waals surface area contributed by atoms with Crippen LogP contribution in [0.3, 0.4) is 0 Å². The van der Waals surface area contributed by atoms with Gasteiger partial charge in [-0.3, -0.25) is 9.69 Å². The number of carbonyl (C=O) groups excluding carboxylic acids is 1. The molecule has 1 aromatic carbocycles. The Labute approximate surface area is 141 Å². The molecule has 1 amide bonds. The van der Waals surface area contributed by atoms with Crippen LogP contribution in [-0.2, 0) is 0 Å². The Hall–Kier alpha value is -2.60. The van der Waals surface area contributed by atoms with E-state index in [9.17, 15) is 4.79 Å². The van der Waals surface area contributed by atoms with Gasteiger partial charge in [0, 0.05) is 32.7 Å². The number of benzene rings is 1. The van der Waals surface area contributed by atoms with Crippen molar-refractivity contribution in [2.24, 2.45) is 0 Å². The van der Waals surface area contributed by atoms with Gasteiger partial charge in [0.25, 0.3) is 11.8 Å². The van der Waals surface area contributed by atoms with E-state index >= 15 is 0 Å². The van der Waals surface area contributed by atoms with E-state index in [1.54, 1.807) is 4.90 Å². The molecule has 6 nitrogen and oxygen atoms in total. The molecule has 0 atom stereocenters. The van der Waals surface area contributed by atoms with E-state index in [0.717, 1.165) is 19.6 Å². The SMILES string of the molecule is COc1cc(C(=O)N2CCN(CC=Cc3ccccc3)CC2)on1. The lowest BCUT2D eigenvalue weighted by Crippen LogP contribution is -2.48. The maximum atomic E-state index is 12.3. The number of hydrogen-bond donors (Lipinski definition) is 0. The number of methoxy groups -OCH3 is 1. The molecule has 1 fully saturated rings. The van der Waals surface area contributed by atoms with Crippen LogP contribution in [0.1, 0.15) is 16.1 Å². The van der Waals surface area contributed by atoms with Crippen LogP contribution in [0.4, 0.5) is 0 Å². The van der Waals surface area contributed by atoms with Crippen LogP contribution in [-0.4, -0.2) is 60.7 Å². The first-order valence-corrected chi connectivity index (χ1v) is 8.00. The molecule has 2 heterocycles. The van der Waals surface area contributed by atoms with E-state index in [4.69, 9.17) is 9.26 Å². The zero-order valence-corrected chi connectivity index (χ0v) is 13.7. The highest BCUT2D eigenvalue weighted by Gasteiger charge is 2.24. The molecule has 0 spiro atoms. The molecular weight excluding hydrogens is 306 g/mol. The van der Waals surface area contributed by atoms with Crippen molar-refractivity contribution in [2.45, 2.75) is 0 Å². The minimum atomic E-state index is -0.134. The molecule has 0 radical (unpaired) electrons. The second-order valence-corrected chi connectivity index (χ2v) is 5.64. The van der Waals surface area contributed by atoms with Crippen LogP contribution >= 0.6 is 0 Å². The van der Waals surface area contributed by atoms with Gasteiger partial charge >= 0.3 is 0 Å². The molecular formula is C18H21N3O3. The molecule has 0 saturated carbocycles. The lowest BCUT2D eigenvalue weighted by atomic mass is 10.2. The van der Waals surface area contributed by atoms with Crippen molar-refractivity contribution in [3.8, 4) is 5.88 Å². The molecule has 0 aliphatic carbocycles. The second kappa shape index (κ2) is 7.79. The summed E-state index contributed by atoms with van der Waals surface area (Å²) in [6, 6.07) is 11.8. The van der Waals surface area contributed by atoms with E-state index in [1.165, 1.54) is 18.7 Å². The Morgan fingerprint density at radius 2 is 2.00 bits per heavy atom. The molecule has 3 rings (SSSR count). The van der Waals surface area contributed by atoms with Crippen LogP contribution in [0.2, 0.25) is 0 Å². The summed E-state index contributed by atoms with van der Waals surface area (Å²) >= 11 is 0. The maximum absolute atomic E-state index is 12.3. The summed E-state index contributed by atoms with van der Waals surface area (Å²) in [5, 5.41) is 3.67. The Morgan fingerprint density at radius 1 is 1.25 bits per heavy atom. The lowest BCUT2D eigenvalue weighted by Gasteiger charge is -2.33. The Bertz CT molecular complexity index is 689. The fourth-order valence-corrected chi connectivity index (χ4v) is 2.65. The van der Waals surface area contributed by atoms with Gasteiger partial charge in [0.05, 0.1) is 13.2 Å². The summed E-state index contributed by atoms with van der Waals surface area (Å²) in [6.07, 6.45) is 4.28. The van der Waals surface area contributed by atoms with Gasteiger partial charge < -0.3 is 14.2 Å². The minimum absolute atomic E-state index is 0.134. The molecule has 6 heteroatoms. The van der Waals surface area contributed by atoms with Gasteiger partial charge in [0.15, 0.2) is 0 Å². The molecule has 1 aliphatic rings. The standard InChI is InChI=1S/C18H21N3O3/c1-23-17-14-16(24-19-17)18(22)21-12-10-20(11-13-21)9-5-8-15-6-3-2-4-7-15/h2-8,14H,9-13H2,1H3. The fourth-order valence-electron chi connectivity index (χ4n) is 2.65. The summed E-state index contributed by atoms with van der Waals surface area (Å²) in [6.45, 7) is 3.93. The summed E-state index contributed by atoms with van der Waals surface area (Å²) in [7, 11) is 1.49. The van der Waals surface area contributed by atoms with Gasteiger partial charge in [-0.2, -0.15) is 0 Å². The summed E-state index contributed by atoms with van der Waals surface area (Å²) in [4.78, 5) is 16.5. The highest BCUT2D eigenvalue weighted by Crippen LogP contribution is 2.14. The van der Waals surface area contributed by atoms with Crippen LogP contribution in [0, 0.1) is 0 Å². The van der Waals surface area contributed by atoms with Gasteiger partial charge in [-0.05, 0) is 10.7 Å². The first-order valence-electron chi connectivity index (χ1n) is 8.00. The average Bonchev–Trinajstić information content (AvgIpc) is 3.12. The van der Waals surface area contributed by atoms with Crippen molar-refractivity contribution >= 4 is 12.0 Å². The fraction of sp³-hybridized carbons (Fsp3) is 0.333. The predicted octanol–water partition coefficient (Wildman–Crippen LogP) is 2.15. The zero-order chi connectivity index (χ0) is 16.8. The van der Waals surface area contributed by atoms with Crippen LogP contribution < -0.4 is 4.74 Å². The molecule has 2 aromatic rings. The molecule has 1 saturated heterocycles. The quantitative estimate of drug-likeness (QED) is 0.842. The number of rotatable bonds is 5. The van der Waals surface area contributed by atoms with Crippen molar-refractivity contribution < 1.29 is 14.1 Å². The number of piperazine rings is 1. The van der Waals surface area contributed by atoms with Crippen molar-refractivity contribution in [1.82, 2.24) is 15.0 Å². The van der Waals surface area contributed by atoms with Gasteiger partial charge in [0.2, 0.25) is 5.76 Å². The molecule has 0 bridgehead atoms. The summed E-state index contributed by atoms with van der Waals surface area (Å²) < 4.78 is 9.96. The topological polar surface area (TPSA) is 58.8 Å².